The van der Waals surface area contributed by atoms with Gasteiger partial charge in [-0.3, -0.25) is 4.79 Å². The molecule has 5 heteroatoms. The lowest BCUT2D eigenvalue weighted by molar-refractivity contribution is -0.113. The fourth-order valence-corrected chi connectivity index (χ4v) is 3.85. The zero-order valence-electron chi connectivity index (χ0n) is 13.7. The average Bonchev–Trinajstić information content (AvgIpc) is 3.27. The molecule has 0 spiro atoms. The second-order valence-corrected chi connectivity index (χ2v) is 7.00. The van der Waals surface area contributed by atoms with E-state index < -0.39 is 0 Å². The van der Waals surface area contributed by atoms with Crippen LogP contribution in [0.4, 0.5) is 0 Å². The molecule has 1 fully saturated rings. The minimum Gasteiger partial charge on any atom is -0.457 e. The van der Waals surface area contributed by atoms with Crippen LogP contribution in [0.1, 0.15) is 18.4 Å². The van der Waals surface area contributed by atoms with Crippen molar-refractivity contribution < 1.29 is 9.53 Å². The summed E-state index contributed by atoms with van der Waals surface area (Å²) in [5, 5.41) is 0.838. The predicted octanol–water partition coefficient (Wildman–Crippen LogP) is 4.55. The number of benzene rings is 2. The number of nitrogens with zero attached hydrogens (tertiary/aromatic N) is 2. The lowest BCUT2D eigenvalue weighted by Crippen LogP contribution is -2.23. The van der Waals surface area contributed by atoms with Crippen LogP contribution in [-0.2, 0) is 4.79 Å². The molecule has 4 rings (SSSR count). The second-order valence-electron chi connectivity index (χ2n) is 5.99. The van der Waals surface area contributed by atoms with Crippen molar-refractivity contribution in [3.05, 3.63) is 65.1 Å². The number of carbonyl (C=O) groups excluding carboxylic acids is 1. The monoisotopic (exact) mass is 350 g/mol. The lowest BCUT2D eigenvalue weighted by atomic mass is 10.2. The molecule has 126 valence electrons. The van der Waals surface area contributed by atoms with Crippen LogP contribution in [0.2, 0.25) is 0 Å². The Bertz CT molecular complexity index is 840. The molecule has 0 atom stereocenters. The number of aliphatic imine (C=N–C) groups is 1. The van der Waals surface area contributed by atoms with E-state index in [1.807, 2.05) is 60.7 Å². The van der Waals surface area contributed by atoms with E-state index >= 15 is 0 Å². The standard InChI is InChI=1S/C20H18N2O2S/c23-19-18(25-20(21-19)22-11-4-5-12-22)14-15-7-6-10-17(13-15)24-16-8-2-1-3-9-16/h1-3,6-10,13-14H,4-5,11-12H2. The van der Waals surface area contributed by atoms with Gasteiger partial charge in [-0.05, 0) is 60.5 Å². The Morgan fingerprint density at radius 1 is 1.00 bits per heavy atom. The summed E-state index contributed by atoms with van der Waals surface area (Å²) in [6, 6.07) is 17.4. The zero-order valence-corrected chi connectivity index (χ0v) is 14.5. The Morgan fingerprint density at radius 3 is 2.56 bits per heavy atom. The van der Waals surface area contributed by atoms with E-state index in [2.05, 4.69) is 9.89 Å². The Kier molecular flexibility index (Phi) is 4.57. The molecule has 2 aliphatic rings. The molecule has 0 N–H and O–H groups in total. The Morgan fingerprint density at radius 2 is 1.76 bits per heavy atom. The molecule has 2 heterocycles. The molecular weight excluding hydrogens is 332 g/mol. The summed E-state index contributed by atoms with van der Waals surface area (Å²) in [6.45, 7) is 1.99. The molecule has 0 radical (unpaired) electrons. The van der Waals surface area contributed by atoms with Crippen LogP contribution in [0.5, 0.6) is 11.5 Å². The van der Waals surface area contributed by atoms with Crippen LogP contribution in [0.3, 0.4) is 0 Å². The summed E-state index contributed by atoms with van der Waals surface area (Å²) in [7, 11) is 0. The summed E-state index contributed by atoms with van der Waals surface area (Å²) in [6.07, 6.45) is 4.23. The number of ether oxygens (including phenoxy) is 1. The van der Waals surface area contributed by atoms with Crippen molar-refractivity contribution in [1.29, 1.82) is 0 Å². The van der Waals surface area contributed by atoms with Gasteiger partial charge in [0.1, 0.15) is 11.5 Å². The first-order valence-corrected chi connectivity index (χ1v) is 9.20. The van der Waals surface area contributed by atoms with E-state index in [0.717, 1.165) is 35.3 Å². The maximum Gasteiger partial charge on any atom is 0.286 e. The first-order valence-electron chi connectivity index (χ1n) is 8.38. The number of amidine groups is 1. The van der Waals surface area contributed by atoms with Crippen molar-refractivity contribution >= 4 is 28.9 Å². The molecule has 0 saturated carbocycles. The van der Waals surface area contributed by atoms with E-state index in [0.29, 0.717) is 4.91 Å². The third-order valence-corrected chi connectivity index (χ3v) is 5.17. The fraction of sp³-hybridized carbons (Fsp3) is 0.200. The molecule has 2 aliphatic heterocycles. The highest BCUT2D eigenvalue weighted by molar-refractivity contribution is 8.18. The summed E-state index contributed by atoms with van der Waals surface area (Å²) >= 11 is 1.47. The van der Waals surface area contributed by atoms with Crippen molar-refractivity contribution in [2.24, 2.45) is 4.99 Å². The molecule has 0 aromatic heterocycles. The topological polar surface area (TPSA) is 41.9 Å². The molecule has 0 bridgehead atoms. The highest BCUT2D eigenvalue weighted by atomic mass is 32.2. The van der Waals surface area contributed by atoms with Crippen molar-refractivity contribution in [2.75, 3.05) is 13.1 Å². The SMILES string of the molecule is O=C1N=C(N2CCCC2)SC1=Cc1cccc(Oc2ccccc2)c1. The van der Waals surface area contributed by atoms with Gasteiger partial charge in [-0.1, -0.05) is 30.3 Å². The van der Waals surface area contributed by atoms with Crippen LogP contribution >= 0.6 is 11.8 Å². The van der Waals surface area contributed by atoms with E-state index in [1.165, 1.54) is 24.6 Å². The van der Waals surface area contributed by atoms with Crippen LogP contribution < -0.4 is 4.74 Å². The van der Waals surface area contributed by atoms with Gasteiger partial charge in [0.25, 0.3) is 5.91 Å². The maximum atomic E-state index is 12.2. The van der Waals surface area contributed by atoms with E-state index in [4.69, 9.17) is 4.74 Å². The molecule has 25 heavy (non-hydrogen) atoms. The van der Waals surface area contributed by atoms with Gasteiger partial charge < -0.3 is 9.64 Å². The highest BCUT2D eigenvalue weighted by Gasteiger charge is 2.27. The number of rotatable bonds is 3. The summed E-state index contributed by atoms with van der Waals surface area (Å²) in [4.78, 5) is 19.3. The van der Waals surface area contributed by atoms with E-state index in [-0.39, 0.29) is 5.91 Å². The second kappa shape index (κ2) is 7.15. The van der Waals surface area contributed by atoms with Crippen molar-refractivity contribution in [1.82, 2.24) is 4.90 Å². The maximum absolute atomic E-state index is 12.2. The van der Waals surface area contributed by atoms with Crippen LogP contribution in [0.25, 0.3) is 6.08 Å². The first kappa shape index (κ1) is 16.0. The van der Waals surface area contributed by atoms with E-state index in [1.54, 1.807) is 0 Å². The van der Waals surface area contributed by atoms with Gasteiger partial charge >= 0.3 is 0 Å². The zero-order chi connectivity index (χ0) is 17.1. The molecular formula is C20H18N2O2S. The molecule has 2 aromatic carbocycles. The smallest absolute Gasteiger partial charge is 0.286 e. The summed E-state index contributed by atoms with van der Waals surface area (Å²) < 4.78 is 5.85. The average molecular weight is 350 g/mol. The van der Waals surface area contributed by atoms with Gasteiger partial charge in [-0.2, -0.15) is 4.99 Å². The van der Waals surface area contributed by atoms with Gasteiger partial charge in [-0.15, -0.1) is 0 Å². The molecule has 1 saturated heterocycles. The predicted molar refractivity (Wildman–Crippen MR) is 102 cm³/mol. The largest absolute Gasteiger partial charge is 0.457 e. The number of thioether (sulfide) groups is 1. The fourth-order valence-electron chi connectivity index (χ4n) is 2.89. The molecule has 0 aliphatic carbocycles. The molecule has 0 unspecified atom stereocenters. The van der Waals surface area contributed by atoms with Crippen molar-refractivity contribution in [3.63, 3.8) is 0 Å². The number of hydrogen-bond donors (Lipinski definition) is 0. The number of carbonyl (C=O) groups is 1. The van der Waals surface area contributed by atoms with Crippen LogP contribution in [0.15, 0.2) is 64.5 Å². The molecule has 1 amide bonds. The number of para-hydroxylation sites is 1. The van der Waals surface area contributed by atoms with Gasteiger partial charge in [0.15, 0.2) is 5.17 Å². The van der Waals surface area contributed by atoms with Crippen molar-refractivity contribution in [3.8, 4) is 11.5 Å². The highest BCUT2D eigenvalue weighted by Crippen LogP contribution is 2.32. The molecule has 2 aromatic rings. The Hall–Kier alpha value is -2.53. The number of likely N-dealkylation sites (tertiary alicyclic amines) is 1. The quantitative estimate of drug-likeness (QED) is 0.762. The van der Waals surface area contributed by atoms with Gasteiger partial charge in [0.05, 0.1) is 4.91 Å². The number of hydrogen-bond acceptors (Lipinski definition) is 4. The Balaban J connectivity index is 1.50. The third kappa shape index (κ3) is 3.77. The van der Waals surface area contributed by atoms with Gasteiger partial charge in [-0.25, -0.2) is 0 Å². The normalized spacial score (nSPS) is 18.7. The number of amides is 1. The van der Waals surface area contributed by atoms with Crippen LogP contribution in [-0.4, -0.2) is 29.1 Å². The van der Waals surface area contributed by atoms with Gasteiger partial charge in [0, 0.05) is 13.1 Å². The van der Waals surface area contributed by atoms with Crippen molar-refractivity contribution in [2.45, 2.75) is 12.8 Å². The van der Waals surface area contributed by atoms with Gasteiger partial charge in [0.2, 0.25) is 0 Å². The van der Waals surface area contributed by atoms with E-state index in [9.17, 15) is 4.79 Å². The molecule has 4 nitrogen and oxygen atoms in total. The summed E-state index contributed by atoms with van der Waals surface area (Å²) in [5.41, 5.74) is 0.933. The Labute approximate surface area is 151 Å². The lowest BCUT2D eigenvalue weighted by Gasteiger charge is -2.14. The minimum absolute atomic E-state index is 0.152. The van der Waals surface area contributed by atoms with Crippen LogP contribution in [0, 0.1) is 0 Å². The minimum atomic E-state index is -0.152. The summed E-state index contributed by atoms with van der Waals surface area (Å²) in [5.74, 6) is 1.39. The third-order valence-electron chi connectivity index (χ3n) is 4.12. The first-order chi connectivity index (χ1) is 12.3.